The third kappa shape index (κ3) is 7.37. The first-order valence-electron chi connectivity index (χ1n) is 10.1. The van der Waals surface area contributed by atoms with Gasteiger partial charge in [0, 0.05) is 11.3 Å². The first kappa shape index (κ1) is 26.5. The van der Waals surface area contributed by atoms with E-state index in [2.05, 4.69) is 10.0 Å². The number of nitrogens with one attached hydrogen (secondary N) is 2. The number of aliphatic carboxylic acids is 1. The molecule has 1 aliphatic rings. The molecule has 2 rings (SSSR count). The summed E-state index contributed by atoms with van der Waals surface area (Å²) in [6.07, 6.45) is -2.89. The minimum absolute atomic E-state index is 0.532. The van der Waals surface area contributed by atoms with Gasteiger partial charge in [-0.05, 0) is 17.7 Å². The van der Waals surface area contributed by atoms with Gasteiger partial charge in [-0.25, -0.2) is 17.9 Å². The quantitative estimate of drug-likeness (QED) is 0.247. The number of amides is 1. The average molecular weight is 485 g/mol. The van der Waals surface area contributed by atoms with Crippen LogP contribution in [0.4, 0.5) is 0 Å². The van der Waals surface area contributed by atoms with Crippen LogP contribution in [0.3, 0.4) is 0 Å². The fourth-order valence-corrected chi connectivity index (χ4v) is 4.04. The SMILES string of the molecule is CC(C)C(=O)N[C@H]1[C@H]([C@H](O)[C@H](O)CO)OC(C(=O)O)=C[C@@H]1NS(=O)(=O)/C=C/c1ccccc1. The molecule has 0 saturated carbocycles. The van der Waals surface area contributed by atoms with Crippen molar-refractivity contribution in [2.75, 3.05) is 6.61 Å². The second kappa shape index (κ2) is 11.4. The Hall–Kier alpha value is -2.77. The molecule has 1 heterocycles. The summed E-state index contributed by atoms with van der Waals surface area (Å²) in [4.78, 5) is 23.9. The second-order valence-corrected chi connectivity index (χ2v) is 9.35. The van der Waals surface area contributed by atoms with Crippen molar-refractivity contribution in [2.45, 2.75) is 44.2 Å². The predicted molar refractivity (Wildman–Crippen MR) is 118 cm³/mol. The van der Waals surface area contributed by atoms with Crippen molar-refractivity contribution in [1.82, 2.24) is 10.0 Å². The molecule has 1 aromatic rings. The number of benzene rings is 1. The maximum atomic E-state index is 12.7. The first-order chi connectivity index (χ1) is 15.4. The van der Waals surface area contributed by atoms with Gasteiger partial charge in [0.15, 0.2) is 0 Å². The molecule has 0 radical (unpaired) electrons. The standard InChI is InChI=1S/C21H28N2O9S/c1-12(2)20(27)22-17-14(23-33(30,31)9-8-13-6-4-3-5-7-13)10-16(21(28)29)32-19(17)18(26)15(25)11-24/h3-10,12,14-15,17-19,23-26H,11H2,1-2H3,(H,22,27)(H,28,29)/b9-8+/t14-,15+,17+,18+,19+/m0/s1. The summed E-state index contributed by atoms with van der Waals surface area (Å²) in [5, 5.41) is 42.3. The molecule has 182 valence electrons. The monoisotopic (exact) mass is 484 g/mol. The van der Waals surface area contributed by atoms with E-state index < -0.39 is 70.6 Å². The number of carbonyl (C=O) groups is 2. The van der Waals surface area contributed by atoms with Crippen molar-refractivity contribution in [3.63, 3.8) is 0 Å². The molecule has 6 N–H and O–H groups in total. The van der Waals surface area contributed by atoms with Gasteiger partial charge in [0.2, 0.25) is 21.7 Å². The summed E-state index contributed by atoms with van der Waals surface area (Å²) in [6.45, 7) is 2.27. The van der Waals surface area contributed by atoms with E-state index in [1.165, 1.54) is 6.08 Å². The van der Waals surface area contributed by atoms with Crippen LogP contribution >= 0.6 is 0 Å². The van der Waals surface area contributed by atoms with Crippen LogP contribution in [0.5, 0.6) is 0 Å². The van der Waals surface area contributed by atoms with Crippen molar-refractivity contribution in [1.29, 1.82) is 0 Å². The minimum Gasteiger partial charge on any atom is -0.478 e. The van der Waals surface area contributed by atoms with E-state index in [0.717, 1.165) is 11.5 Å². The molecule has 0 fully saturated rings. The van der Waals surface area contributed by atoms with Crippen LogP contribution in [0, 0.1) is 5.92 Å². The highest BCUT2D eigenvalue weighted by Gasteiger charge is 2.44. The van der Waals surface area contributed by atoms with Crippen molar-refractivity contribution in [3.8, 4) is 0 Å². The summed E-state index contributed by atoms with van der Waals surface area (Å²) in [5.74, 6) is -3.32. The van der Waals surface area contributed by atoms with Crippen LogP contribution in [0.15, 0.2) is 47.6 Å². The summed E-state index contributed by atoms with van der Waals surface area (Å²) in [7, 11) is -4.16. The van der Waals surface area contributed by atoms with Gasteiger partial charge in [-0.2, -0.15) is 0 Å². The van der Waals surface area contributed by atoms with E-state index >= 15 is 0 Å². The highest BCUT2D eigenvalue weighted by Crippen LogP contribution is 2.24. The topological polar surface area (TPSA) is 182 Å². The van der Waals surface area contributed by atoms with Crippen LogP contribution in [0.2, 0.25) is 0 Å². The number of carboxylic acids is 1. The van der Waals surface area contributed by atoms with Gasteiger partial charge in [-0.15, -0.1) is 0 Å². The molecule has 0 bridgehead atoms. The first-order valence-corrected chi connectivity index (χ1v) is 11.6. The molecule has 33 heavy (non-hydrogen) atoms. The molecule has 0 aliphatic carbocycles. The van der Waals surface area contributed by atoms with Gasteiger partial charge >= 0.3 is 5.97 Å². The minimum atomic E-state index is -4.16. The molecule has 0 saturated heterocycles. The highest BCUT2D eigenvalue weighted by atomic mass is 32.2. The van der Waals surface area contributed by atoms with Gasteiger partial charge < -0.3 is 30.5 Å². The zero-order chi connectivity index (χ0) is 24.8. The maximum Gasteiger partial charge on any atom is 0.370 e. The Balaban J connectivity index is 2.43. The molecule has 11 nitrogen and oxygen atoms in total. The van der Waals surface area contributed by atoms with Gasteiger partial charge in [0.25, 0.3) is 0 Å². The summed E-state index contributed by atoms with van der Waals surface area (Å²) < 4.78 is 33.0. The largest absolute Gasteiger partial charge is 0.478 e. The summed E-state index contributed by atoms with van der Waals surface area (Å²) in [5.41, 5.74) is 0.598. The molecule has 1 amide bonds. The number of rotatable bonds is 10. The van der Waals surface area contributed by atoms with Crippen LogP contribution < -0.4 is 10.0 Å². The molecule has 5 atom stereocenters. The second-order valence-electron chi connectivity index (χ2n) is 7.75. The maximum absolute atomic E-state index is 12.7. The molecular weight excluding hydrogens is 456 g/mol. The normalized spacial score (nSPS) is 23.0. The molecule has 1 aliphatic heterocycles. The average Bonchev–Trinajstić information content (AvgIpc) is 2.77. The number of carboxylic acid groups (broad SMARTS) is 1. The van der Waals surface area contributed by atoms with Crippen molar-refractivity contribution in [3.05, 3.63) is 53.1 Å². The number of carbonyl (C=O) groups excluding carboxylic acids is 1. The van der Waals surface area contributed by atoms with E-state index in [1.54, 1.807) is 44.2 Å². The third-order valence-electron chi connectivity index (χ3n) is 4.84. The Bertz CT molecular complexity index is 992. The summed E-state index contributed by atoms with van der Waals surface area (Å²) >= 11 is 0. The molecule has 0 aromatic heterocycles. The van der Waals surface area contributed by atoms with E-state index in [1.807, 2.05) is 0 Å². The predicted octanol–water partition coefficient (Wildman–Crippen LogP) is -0.832. The Kier molecular flexibility index (Phi) is 9.14. The van der Waals surface area contributed by atoms with Gasteiger partial charge in [0.05, 0.1) is 18.7 Å². The Labute approximate surface area is 191 Å². The highest BCUT2D eigenvalue weighted by molar-refractivity contribution is 7.92. The van der Waals surface area contributed by atoms with Crippen LogP contribution in [-0.4, -0.2) is 77.7 Å². The van der Waals surface area contributed by atoms with Gasteiger partial charge in [-0.1, -0.05) is 44.2 Å². The lowest BCUT2D eigenvalue weighted by molar-refractivity contribution is -0.146. The molecule has 0 spiro atoms. The zero-order valence-corrected chi connectivity index (χ0v) is 18.8. The van der Waals surface area contributed by atoms with Crippen LogP contribution in [-0.2, 0) is 24.3 Å². The molecule has 12 heteroatoms. The number of ether oxygens (including phenoxy) is 1. The molecular formula is C21H28N2O9S. The number of aliphatic hydroxyl groups excluding tert-OH is 3. The smallest absolute Gasteiger partial charge is 0.370 e. The van der Waals surface area contributed by atoms with Crippen molar-refractivity contribution < 1.29 is 43.2 Å². The fraction of sp³-hybridized carbons (Fsp3) is 0.429. The number of hydrogen-bond donors (Lipinski definition) is 6. The summed E-state index contributed by atoms with van der Waals surface area (Å²) in [6, 6.07) is 5.89. The lowest BCUT2D eigenvalue weighted by Gasteiger charge is -2.40. The number of hydrogen-bond acceptors (Lipinski definition) is 8. The van der Waals surface area contributed by atoms with Crippen LogP contribution in [0.25, 0.3) is 6.08 Å². The zero-order valence-electron chi connectivity index (χ0n) is 18.0. The van der Waals surface area contributed by atoms with Gasteiger partial charge in [-0.3, -0.25) is 4.79 Å². The molecule has 1 aromatic carbocycles. The van der Waals surface area contributed by atoms with E-state index in [4.69, 9.17) is 4.74 Å². The Morgan fingerprint density at radius 1 is 1.18 bits per heavy atom. The van der Waals surface area contributed by atoms with Crippen molar-refractivity contribution >= 4 is 28.0 Å². The third-order valence-corrected chi connectivity index (χ3v) is 5.93. The van der Waals surface area contributed by atoms with E-state index in [-0.39, 0.29) is 0 Å². The van der Waals surface area contributed by atoms with Crippen LogP contribution in [0.1, 0.15) is 19.4 Å². The Morgan fingerprint density at radius 3 is 2.36 bits per heavy atom. The number of aliphatic hydroxyl groups is 3. The van der Waals surface area contributed by atoms with Crippen molar-refractivity contribution in [2.24, 2.45) is 5.92 Å². The van der Waals surface area contributed by atoms with Gasteiger partial charge in [0.1, 0.15) is 18.3 Å². The Morgan fingerprint density at radius 2 is 1.82 bits per heavy atom. The van der Waals surface area contributed by atoms with E-state index in [0.29, 0.717) is 5.56 Å². The fourth-order valence-electron chi connectivity index (χ4n) is 3.03. The number of sulfonamides is 1. The lowest BCUT2D eigenvalue weighted by atomic mass is 9.92. The lowest BCUT2D eigenvalue weighted by Crippen LogP contribution is -2.64. The molecule has 0 unspecified atom stereocenters. The van der Waals surface area contributed by atoms with E-state index in [9.17, 15) is 38.4 Å².